The molecule has 0 radical (unpaired) electrons. The SMILES string of the molecule is COc1ccc(OC)c(N(CC(=O)NC(C)C(C)C)S(=O)(=O)c2ccc(OC)c(OC)c2)c1. The summed E-state index contributed by atoms with van der Waals surface area (Å²) in [6.07, 6.45) is 0. The van der Waals surface area contributed by atoms with Crippen molar-refractivity contribution in [3.63, 3.8) is 0 Å². The minimum absolute atomic E-state index is 0.0743. The van der Waals surface area contributed by atoms with Crippen LogP contribution >= 0.6 is 0 Å². The van der Waals surface area contributed by atoms with Gasteiger partial charge in [-0.05, 0) is 37.1 Å². The Balaban J connectivity index is 2.63. The molecule has 0 heterocycles. The van der Waals surface area contributed by atoms with E-state index < -0.39 is 22.5 Å². The molecule has 2 aromatic rings. The standard InChI is InChI=1S/C23H32N2O7S/c1-15(2)16(3)24-23(26)14-25(19-12-17(29-4)8-10-20(19)30-5)33(27,28)18-9-11-21(31-6)22(13-18)32-7/h8-13,15-16H,14H2,1-7H3,(H,24,26). The number of nitrogens with one attached hydrogen (secondary N) is 1. The first-order chi connectivity index (χ1) is 15.6. The summed E-state index contributed by atoms with van der Waals surface area (Å²) in [5.41, 5.74) is 0.166. The van der Waals surface area contributed by atoms with Gasteiger partial charge in [-0.15, -0.1) is 0 Å². The van der Waals surface area contributed by atoms with Crippen LogP contribution in [0.5, 0.6) is 23.0 Å². The van der Waals surface area contributed by atoms with Gasteiger partial charge in [-0.25, -0.2) is 8.42 Å². The number of methoxy groups -OCH3 is 4. The van der Waals surface area contributed by atoms with Crippen molar-refractivity contribution in [3.05, 3.63) is 36.4 Å². The molecule has 9 nitrogen and oxygen atoms in total. The van der Waals surface area contributed by atoms with E-state index in [2.05, 4.69) is 5.32 Å². The van der Waals surface area contributed by atoms with Crippen LogP contribution in [0, 0.1) is 5.92 Å². The number of ether oxygens (including phenoxy) is 4. The zero-order chi connectivity index (χ0) is 24.8. The summed E-state index contributed by atoms with van der Waals surface area (Å²) in [7, 11) is 1.55. The molecule has 1 amide bonds. The molecule has 0 aliphatic rings. The molecular weight excluding hydrogens is 448 g/mol. The zero-order valence-electron chi connectivity index (χ0n) is 20.0. The molecule has 1 N–H and O–H groups in total. The van der Waals surface area contributed by atoms with Crippen LogP contribution in [0.25, 0.3) is 0 Å². The summed E-state index contributed by atoms with van der Waals surface area (Å²) >= 11 is 0. The molecule has 10 heteroatoms. The lowest BCUT2D eigenvalue weighted by Gasteiger charge is -2.27. The third-order valence-corrected chi connectivity index (χ3v) is 7.03. The van der Waals surface area contributed by atoms with Crippen molar-refractivity contribution in [2.24, 2.45) is 5.92 Å². The summed E-state index contributed by atoms with van der Waals surface area (Å²) < 4.78 is 49.7. The van der Waals surface area contributed by atoms with Gasteiger partial charge in [0, 0.05) is 18.2 Å². The first-order valence-corrected chi connectivity index (χ1v) is 11.8. The highest BCUT2D eigenvalue weighted by Crippen LogP contribution is 2.37. The second-order valence-corrected chi connectivity index (χ2v) is 9.53. The van der Waals surface area contributed by atoms with Crippen molar-refractivity contribution < 1.29 is 32.2 Å². The molecule has 2 rings (SSSR count). The summed E-state index contributed by atoms with van der Waals surface area (Å²) in [5.74, 6) is 1.03. The van der Waals surface area contributed by atoms with Crippen LogP contribution in [-0.4, -0.2) is 55.4 Å². The van der Waals surface area contributed by atoms with Crippen LogP contribution in [-0.2, 0) is 14.8 Å². The highest BCUT2D eigenvalue weighted by Gasteiger charge is 2.31. The first kappa shape index (κ1) is 26.1. The highest BCUT2D eigenvalue weighted by molar-refractivity contribution is 7.92. The van der Waals surface area contributed by atoms with Gasteiger partial charge in [-0.2, -0.15) is 0 Å². The van der Waals surface area contributed by atoms with Gasteiger partial charge in [0.05, 0.1) is 39.0 Å². The number of nitrogens with zero attached hydrogens (tertiary/aromatic N) is 1. The minimum atomic E-state index is -4.22. The number of benzene rings is 2. The average Bonchev–Trinajstić information content (AvgIpc) is 2.81. The van der Waals surface area contributed by atoms with Crippen LogP contribution in [0.1, 0.15) is 20.8 Å². The largest absolute Gasteiger partial charge is 0.497 e. The highest BCUT2D eigenvalue weighted by atomic mass is 32.2. The van der Waals surface area contributed by atoms with E-state index in [-0.39, 0.29) is 34.0 Å². The number of sulfonamides is 1. The Kier molecular flexibility index (Phi) is 8.81. The van der Waals surface area contributed by atoms with Gasteiger partial charge in [0.1, 0.15) is 18.0 Å². The number of hydrogen-bond donors (Lipinski definition) is 1. The number of carbonyl (C=O) groups excluding carboxylic acids is 1. The van der Waals surface area contributed by atoms with E-state index in [0.29, 0.717) is 11.5 Å². The Labute approximate surface area is 195 Å². The molecule has 0 saturated carbocycles. The lowest BCUT2D eigenvalue weighted by Crippen LogP contribution is -2.45. The molecule has 0 saturated heterocycles. The molecule has 182 valence electrons. The van der Waals surface area contributed by atoms with Crippen molar-refractivity contribution in [2.75, 3.05) is 39.3 Å². The topological polar surface area (TPSA) is 103 Å². The van der Waals surface area contributed by atoms with Gasteiger partial charge < -0.3 is 24.3 Å². The summed E-state index contributed by atoms with van der Waals surface area (Å²) in [5, 5.41) is 2.85. The van der Waals surface area contributed by atoms with E-state index in [4.69, 9.17) is 18.9 Å². The van der Waals surface area contributed by atoms with E-state index in [0.717, 1.165) is 4.31 Å². The van der Waals surface area contributed by atoms with Gasteiger partial charge in [0.15, 0.2) is 11.5 Å². The molecule has 1 unspecified atom stereocenters. The Morgan fingerprint density at radius 2 is 1.48 bits per heavy atom. The lowest BCUT2D eigenvalue weighted by atomic mass is 10.1. The Morgan fingerprint density at radius 1 is 0.879 bits per heavy atom. The smallest absolute Gasteiger partial charge is 0.265 e. The molecule has 0 fully saturated rings. The predicted octanol–water partition coefficient (Wildman–Crippen LogP) is 3.08. The lowest BCUT2D eigenvalue weighted by molar-refractivity contribution is -0.120. The quantitative estimate of drug-likeness (QED) is 0.527. The molecule has 0 aliphatic heterocycles. The Bertz CT molecular complexity index is 1070. The fraction of sp³-hybridized carbons (Fsp3) is 0.435. The van der Waals surface area contributed by atoms with Crippen LogP contribution < -0.4 is 28.6 Å². The van der Waals surface area contributed by atoms with E-state index in [1.54, 1.807) is 12.1 Å². The fourth-order valence-electron chi connectivity index (χ4n) is 2.99. The van der Waals surface area contributed by atoms with E-state index in [9.17, 15) is 13.2 Å². The molecule has 0 bridgehead atoms. The monoisotopic (exact) mass is 480 g/mol. The van der Waals surface area contributed by atoms with Crippen LogP contribution in [0.4, 0.5) is 5.69 Å². The molecule has 0 aliphatic carbocycles. The zero-order valence-corrected chi connectivity index (χ0v) is 20.9. The van der Waals surface area contributed by atoms with Crippen molar-refractivity contribution in [3.8, 4) is 23.0 Å². The second-order valence-electron chi connectivity index (χ2n) is 7.67. The van der Waals surface area contributed by atoms with Gasteiger partial charge >= 0.3 is 0 Å². The van der Waals surface area contributed by atoms with Gasteiger partial charge in [-0.1, -0.05) is 13.8 Å². The Morgan fingerprint density at radius 3 is 2.03 bits per heavy atom. The van der Waals surface area contributed by atoms with Crippen molar-refractivity contribution >= 4 is 21.6 Å². The molecule has 1 atom stereocenters. The van der Waals surface area contributed by atoms with Crippen LogP contribution in [0.2, 0.25) is 0 Å². The number of rotatable bonds is 11. The third kappa shape index (κ3) is 6.01. The summed E-state index contributed by atoms with van der Waals surface area (Å²) in [4.78, 5) is 12.8. The molecular formula is C23H32N2O7S. The minimum Gasteiger partial charge on any atom is -0.497 e. The molecule has 2 aromatic carbocycles. The van der Waals surface area contributed by atoms with E-state index >= 15 is 0 Å². The van der Waals surface area contributed by atoms with Crippen LogP contribution in [0.3, 0.4) is 0 Å². The molecule has 0 spiro atoms. The maximum atomic E-state index is 13.8. The van der Waals surface area contributed by atoms with Gasteiger partial charge in [-0.3, -0.25) is 9.10 Å². The fourth-order valence-corrected chi connectivity index (χ4v) is 4.43. The van der Waals surface area contributed by atoms with Crippen molar-refractivity contribution in [2.45, 2.75) is 31.7 Å². The number of anilines is 1. The number of amides is 1. The number of hydrogen-bond acceptors (Lipinski definition) is 7. The van der Waals surface area contributed by atoms with E-state index in [1.807, 2.05) is 20.8 Å². The third-order valence-electron chi connectivity index (χ3n) is 5.27. The predicted molar refractivity (Wildman–Crippen MR) is 126 cm³/mol. The average molecular weight is 481 g/mol. The maximum Gasteiger partial charge on any atom is 0.265 e. The van der Waals surface area contributed by atoms with E-state index in [1.165, 1.54) is 52.7 Å². The summed E-state index contributed by atoms with van der Waals surface area (Å²) in [6, 6.07) is 8.83. The second kappa shape index (κ2) is 11.1. The Hall–Kier alpha value is -3.14. The van der Waals surface area contributed by atoms with Gasteiger partial charge in [0.2, 0.25) is 5.91 Å². The number of carbonyl (C=O) groups is 1. The first-order valence-electron chi connectivity index (χ1n) is 10.3. The van der Waals surface area contributed by atoms with Crippen molar-refractivity contribution in [1.82, 2.24) is 5.32 Å². The maximum absolute atomic E-state index is 13.8. The van der Waals surface area contributed by atoms with Crippen molar-refractivity contribution in [1.29, 1.82) is 0 Å². The van der Waals surface area contributed by atoms with Gasteiger partial charge in [0.25, 0.3) is 10.0 Å². The molecule has 0 aromatic heterocycles. The van der Waals surface area contributed by atoms with Crippen LogP contribution in [0.15, 0.2) is 41.3 Å². The molecule has 33 heavy (non-hydrogen) atoms. The summed E-state index contributed by atoms with van der Waals surface area (Å²) in [6.45, 7) is 5.33. The normalized spacial score (nSPS) is 12.1.